The second-order valence-electron chi connectivity index (χ2n) is 5.59. The van der Waals surface area contributed by atoms with Crippen LogP contribution in [0.1, 0.15) is 31.1 Å². The minimum absolute atomic E-state index is 0.158. The maximum atomic E-state index is 12.3. The van der Waals surface area contributed by atoms with E-state index in [4.69, 9.17) is 0 Å². The fourth-order valence-electron chi connectivity index (χ4n) is 2.19. The first-order chi connectivity index (χ1) is 8.38. The normalized spacial score (nSPS) is 18.1. The molecule has 0 bridgehead atoms. The number of hydrogen-bond acceptors (Lipinski definition) is 3. The van der Waals surface area contributed by atoms with Crippen LogP contribution in [0.4, 0.5) is 0 Å². The van der Waals surface area contributed by atoms with Crippen LogP contribution in [0.25, 0.3) is 0 Å². The molecule has 100 valence electrons. The van der Waals surface area contributed by atoms with Crippen LogP contribution in [0.2, 0.25) is 0 Å². The van der Waals surface area contributed by atoms with Crippen LogP contribution >= 0.6 is 27.3 Å². The van der Waals surface area contributed by atoms with E-state index in [-0.39, 0.29) is 11.4 Å². The van der Waals surface area contributed by atoms with E-state index >= 15 is 0 Å². The van der Waals surface area contributed by atoms with Crippen molar-refractivity contribution in [1.29, 1.82) is 0 Å². The lowest BCUT2D eigenvalue weighted by atomic mass is 10.0. The summed E-state index contributed by atoms with van der Waals surface area (Å²) in [7, 11) is 0. The molecule has 0 atom stereocenters. The average molecular weight is 331 g/mol. The number of amides is 1. The van der Waals surface area contributed by atoms with Gasteiger partial charge >= 0.3 is 0 Å². The zero-order valence-corrected chi connectivity index (χ0v) is 13.5. The van der Waals surface area contributed by atoms with Gasteiger partial charge in [0.25, 0.3) is 5.91 Å². The van der Waals surface area contributed by atoms with E-state index in [1.807, 2.05) is 16.3 Å². The SMILES string of the molecule is CC(C)(C)N1CCN(C(=O)c2csc(Br)c2)CC1. The van der Waals surface area contributed by atoms with E-state index in [2.05, 4.69) is 41.6 Å². The highest BCUT2D eigenvalue weighted by Gasteiger charge is 2.28. The highest BCUT2D eigenvalue weighted by Crippen LogP contribution is 2.23. The number of halogens is 1. The van der Waals surface area contributed by atoms with E-state index in [1.165, 1.54) is 0 Å². The Hall–Kier alpha value is -0.390. The molecular weight excluding hydrogens is 312 g/mol. The Bertz CT molecular complexity index is 430. The third-order valence-electron chi connectivity index (χ3n) is 3.33. The van der Waals surface area contributed by atoms with Crippen LogP contribution in [-0.2, 0) is 0 Å². The summed E-state index contributed by atoms with van der Waals surface area (Å²) in [6.07, 6.45) is 0. The first-order valence-electron chi connectivity index (χ1n) is 6.16. The summed E-state index contributed by atoms with van der Waals surface area (Å²) >= 11 is 4.96. The van der Waals surface area contributed by atoms with Gasteiger partial charge < -0.3 is 4.90 Å². The third kappa shape index (κ3) is 3.13. The van der Waals surface area contributed by atoms with E-state index in [1.54, 1.807) is 11.3 Å². The summed E-state index contributed by atoms with van der Waals surface area (Å²) in [6, 6.07) is 1.91. The van der Waals surface area contributed by atoms with Crippen LogP contribution in [0.5, 0.6) is 0 Å². The van der Waals surface area contributed by atoms with Gasteiger partial charge in [-0.1, -0.05) is 0 Å². The number of nitrogens with zero attached hydrogens (tertiary/aromatic N) is 2. The van der Waals surface area contributed by atoms with Crippen molar-refractivity contribution in [3.8, 4) is 0 Å². The maximum absolute atomic E-state index is 12.3. The molecule has 1 aromatic rings. The third-order valence-corrected chi connectivity index (χ3v) is 4.83. The summed E-state index contributed by atoms with van der Waals surface area (Å²) in [5.74, 6) is 0.158. The molecule has 0 aliphatic carbocycles. The maximum Gasteiger partial charge on any atom is 0.254 e. The molecule has 0 spiro atoms. The Labute approximate surface area is 121 Å². The quantitative estimate of drug-likeness (QED) is 0.790. The molecule has 3 nitrogen and oxygen atoms in total. The molecule has 1 amide bonds. The molecule has 1 saturated heterocycles. The van der Waals surface area contributed by atoms with Crippen LogP contribution in [0.3, 0.4) is 0 Å². The molecule has 0 aromatic carbocycles. The standard InChI is InChI=1S/C13H19BrN2OS/c1-13(2,3)16-6-4-15(5-7-16)12(17)10-8-11(14)18-9-10/h8-9H,4-7H2,1-3H3. The van der Waals surface area contributed by atoms with Gasteiger partial charge in [0.2, 0.25) is 0 Å². The molecule has 1 aliphatic heterocycles. The largest absolute Gasteiger partial charge is 0.336 e. The summed E-state index contributed by atoms with van der Waals surface area (Å²) in [4.78, 5) is 16.6. The van der Waals surface area contributed by atoms with Crippen molar-refractivity contribution in [3.63, 3.8) is 0 Å². The highest BCUT2D eigenvalue weighted by molar-refractivity contribution is 9.11. The van der Waals surface area contributed by atoms with Crippen LogP contribution in [0, 0.1) is 0 Å². The zero-order chi connectivity index (χ0) is 13.3. The van der Waals surface area contributed by atoms with E-state index in [0.717, 1.165) is 35.5 Å². The molecule has 18 heavy (non-hydrogen) atoms. The Morgan fingerprint density at radius 3 is 2.33 bits per heavy atom. The second-order valence-corrected chi connectivity index (χ2v) is 7.88. The molecule has 1 fully saturated rings. The summed E-state index contributed by atoms with van der Waals surface area (Å²) in [5, 5.41) is 1.92. The van der Waals surface area contributed by atoms with Crippen molar-refractivity contribution < 1.29 is 4.79 Å². The molecule has 5 heteroatoms. The van der Waals surface area contributed by atoms with Gasteiger partial charge in [0.05, 0.1) is 9.35 Å². The predicted molar refractivity (Wildman–Crippen MR) is 79.2 cm³/mol. The van der Waals surface area contributed by atoms with Gasteiger partial charge in [-0.2, -0.15) is 0 Å². The molecule has 1 aliphatic rings. The molecule has 2 heterocycles. The summed E-state index contributed by atoms with van der Waals surface area (Å²) in [6.45, 7) is 10.2. The fourth-order valence-corrected chi connectivity index (χ4v) is 3.32. The highest BCUT2D eigenvalue weighted by atomic mass is 79.9. The number of carbonyl (C=O) groups is 1. The van der Waals surface area contributed by atoms with Gasteiger partial charge in [0.1, 0.15) is 0 Å². The first-order valence-corrected chi connectivity index (χ1v) is 7.83. The van der Waals surface area contributed by atoms with Gasteiger partial charge in [-0.15, -0.1) is 11.3 Å². The average Bonchev–Trinajstić information content (AvgIpc) is 2.74. The van der Waals surface area contributed by atoms with Gasteiger partial charge in [-0.3, -0.25) is 9.69 Å². The lowest BCUT2D eigenvalue weighted by Crippen LogP contribution is -2.54. The topological polar surface area (TPSA) is 23.6 Å². The molecule has 0 radical (unpaired) electrons. The van der Waals surface area contributed by atoms with Gasteiger partial charge in [-0.05, 0) is 42.8 Å². The number of rotatable bonds is 1. The zero-order valence-electron chi connectivity index (χ0n) is 11.1. The Morgan fingerprint density at radius 2 is 1.89 bits per heavy atom. The van der Waals surface area contributed by atoms with Crippen molar-refractivity contribution in [2.45, 2.75) is 26.3 Å². The molecule has 2 rings (SSSR count). The Balaban J connectivity index is 1.96. The fraction of sp³-hybridized carbons (Fsp3) is 0.615. The van der Waals surface area contributed by atoms with Crippen molar-refractivity contribution in [2.75, 3.05) is 26.2 Å². The smallest absolute Gasteiger partial charge is 0.254 e. The lowest BCUT2D eigenvalue weighted by Gasteiger charge is -2.42. The lowest BCUT2D eigenvalue weighted by molar-refractivity contribution is 0.0451. The van der Waals surface area contributed by atoms with Crippen molar-refractivity contribution in [3.05, 3.63) is 20.8 Å². The van der Waals surface area contributed by atoms with Crippen LogP contribution in [-0.4, -0.2) is 47.4 Å². The van der Waals surface area contributed by atoms with E-state index in [0.29, 0.717) is 0 Å². The first kappa shape index (κ1) is 14.0. The number of hydrogen-bond donors (Lipinski definition) is 0. The minimum atomic E-state index is 0.158. The van der Waals surface area contributed by atoms with Gasteiger partial charge in [-0.25, -0.2) is 0 Å². The van der Waals surface area contributed by atoms with Crippen molar-refractivity contribution in [1.82, 2.24) is 9.80 Å². The monoisotopic (exact) mass is 330 g/mol. The number of carbonyl (C=O) groups excluding carboxylic acids is 1. The van der Waals surface area contributed by atoms with Crippen molar-refractivity contribution >= 4 is 33.2 Å². The second kappa shape index (κ2) is 5.31. The molecule has 0 saturated carbocycles. The van der Waals surface area contributed by atoms with Crippen LogP contribution < -0.4 is 0 Å². The van der Waals surface area contributed by atoms with Gasteiger partial charge in [0, 0.05) is 37.1 Å². The van der Waals surface area contributed by atoms with E-state index in [9.17, 15) is 4.79 Å². The molecule has 0 N–H and O–H groups in total. The summed E-state index contributed by atoms with van der Waals surface area (Å²) in [5.41, 5.74) is 0.997. The number of piperazine rings is 1. The number of thiophene rings is 1. The molecule has 1 aromatic heterocycles. The predicted octanol–water partition coefficient (Wildman–Crippen LogP) is 3.07. The Kier molecular flexibility index (Phi) is 4.14. The van der Waals surface area contributed by atoms with Crippen LogP contribution in [0.15, 0.2) is 15.2 Å². The Morgan fingerprint density at radius 1 is 1.28 bits per heavy atom. The van der Waals surface area contributed by atoms with Gasteiger partial charge in [0.15, 0.2) is 0 Å². The molecular formula is C13H19BrN2OS. The minimum Gasteiger partial charge on any atom is -0.336 e. The van der Waals surface area contributed by atoms with Crippen molar-refractivity contribution in [2.24, 2.45) is 0 Å². The summed E-state index contributed by atoms with van der Waals surface area (Å²) < 4.78 is 1.01. The molecule has 0 unspecified atom stereocenters. The van der Waals surface area contributed by atoms with E-state index < -0.39 is 0 Å².